The molecule has 75 heavy (non-hydrogen) atoms. The van der Waals surface area contributed by atoms with Crippen molar-refractivity contribution in [1.82, 2.24) is 16.0 Å². The monoisotopic (exact) mass is 1100 g/mol. The van der Waals surface area contributed by atoms with Crippen molar-refractivity contribution in [3.05, 3.63) is 0 Å². The molecule has 0 radical (unpaired) electrons. The van der Waals surface area contributed by atoms with E-state index in [2.05, 4.69) is 16.0 Å². The molecule has 33 heteroatoms. The van der Waals surface area contributed by atoms with Crippen molar-refractivity contribution in [2.45, 2.75) is 205 Å². The number of rotatable bonds is 22. The average molecular weight is 1100 g/mol. The molecule has 5 heterocycles. The summed E-state index contributed by atoms with van der Waals surface area (Å²) >= 11 is 0. The molecule has 5 aliphatic heterocycles. The van der Waals surface area contributed by atoms with Gasteiger partial charge < -0.3 is 150 Å². The van der Waals surface area contributed by atoms with Crippen LogP contribution in [0.4, 0.5) is 0 Å². The SMILES string of the molecule is CC(=O)N[C@H]1[C@H](O[C@H]2[C@@H](O)[C@@H](CO)O[C@@H](O[C@H]3[C@@H](O)[C@@H](CO[C@@H]4O[C@H](CO)[C@@H](O)[C@H](O[C@@H]5O[C@@H](C)[C@@H](O)[C@@H](O)[C@@H]5O)[C@H]4NC(C)=O)O[C@@H](O[C@@H]([C@@H](O)[C@H](O)CO)[C@H](CO)NC(C)=O)[C@@H]3O)[C@@H]2O)O[C@H](CO)[C@@H](O)[C@@H]1O. The second-order valence-corrected chi connectivity index (χ2v) is 18.8. The summed E-state index contributed by atoms with van der Waals surface area (Å²) in [6.45, 7) is -1.62. The van der Waals surface area contributed by atoms with Gasteiger partial charge in [-0.05, 0) is 6.92 Å². The normalized spacial score (nSPS) is 44.2. The number of amides is 3. The van der Waals surface area contributed by atoms with Crippen molar-refractivity contribution in [2.75, 3.05) is 39.6 Å². The molecule has 0 aromatic rings. The van der Waals surface area contributed by atoms with E-state index >= 15 is 0 Å². The molecule has 5 saturated heterocycles. The molecular formula is C42H73N3O30. The molecule has 5 fully saturated rings. The summed E-state index contributed by atoms with van der Waals surface area (Å²) in [6, 6.07) is -4.92. The summed E-state index contributed by atoms with van der Waals surface area (Å²) < 4.78 is 58.0. The molecule has 436 valence electrons. The maximum atomic E-state index is 12.6. The van der Waals surface area contributed by atoms with Crippen LogP contribution < -0.4 is 16.0 Å². The molecule has 0 bridgehead atoms. The number of carbonyl (C=O) groups excluding carboxylic acids is 3. The molecule has 29 atom stereocenters. The van der Waals surface area contributed by atoms with Crippen molar-refractivity contribution in [3.63, 3.8) is 0 Å². The minimum absolute atomic E-state index is 0.778. The lowest BCUT2D eigenvalue weighted by Crippen LogP contribution is -2.69. The fourth-order valence-electron chi connectivity index (χ4n) is 9.15. The van der Waals surface area contributed by atoms with Crippen LogP contribution in [0.25, 0.3) is 0 Å². The zero-order chi connectivity index (χ0) is 55.9. The smallest absolute Gasteiger partial charge is 0.217 e. The van der Waals surface area contributed by atoms with E-state index in [1.165, 1.54) is 6.92 Å². The Balaban J connectivity index is 1.50. The first-order valence-electron chi connectivity index (χ1n) is 23.9. The van der Waals surface area contributed by atoms with E-state index < -0.39 is 235 Å². The van der Waals surface area contributed by atoms with E-state index in [1.807, 2.05) is 0 Å². The summed E-state index contributed by atoms with van der Waals surface area (Å²) in [7, 11) is 0. The highest BCUT2D eigenvalue weighted by Crippen LogP contribution is 2.35. The van der Waals surface area contributed by atoms with Crippen LogP contribution in [0.1, 0.15) is 27.7 Å². The number of nitrogens with one attached hydrogen (secondary N) is 3. The number of ether oxygens (including phenoxy) is 10. The Labute approximate surface area is 426 Å². The Morgan fingerprint density at radius 3 is 1.49 bits per heavy atom. The van der Waals surface area contributed by atoms with Gasteiger partial charge in [-0.2, -0.15) is 0 Å². The van der Waals surface area contributed by atoms with E-state index in [4.69, 9.17) is 47.4 Å². The van der Waals surface area contributed by atoms with Gasteiger partial charge in [-0.1, -0.05) is 0 Å². The Morgan fingerprint density at radius 1 is 0.480 bits per heavy atom. The molecule has 0 unspecified atom stereocenters. The van der Waals surface area contributed by atoms with Crippen molar-refractivity contribution in [3.8, 4) is 0 Å². The molecule has 20 N–H and O–H groups in total. The van der Waals surface area contributed by atoms with Gasteiger partial charge in [0.2, 0.25) is 17.7 Å². The topological polar surface area (TPSA) is 524 Å². The lowest BCUT2D eigenvalue weighted by Gasteiger charge is -2.49. The van der Waals surface area contributed by atoms with E-state index in [-0.39, 0.29) is 0 Å². The maximum absolute atomic E-state index is 12.6. The third-order valence-corrected chi connectivity index (χ3v) is 13.2. The molecule has 5 rings (SSSR count). The minimum Gasteiger partial charge on any atom is -0.394 e. The molecule has 0 aromatic heterocycles. The summed E-state index contributed by atoms with van der Waals surface area (Å²) in [4.78, 5) is 37.0. The third kappa shape index (κ3) is 14.8. The van der Waals surface area contributed by atoms with E-state index in [0.29, 0.717) is 0 Å². The van der Waals surface area contributed by atoms with Gasteiger partial charge in [0.15, 0.2) is 31.5 Å². The average Bonchev–Trinajstić information content (AvgIpc) is 3.36. The Kier molecular flexibility index (Phi) is 23.5. The minimum atomic E-state index is -2.35. The summed E-state index contributed by atoms with van der Waals surface area (Å²) in [5, 5.41) is 190. The molecule has 33 nitrogen and oxygen atoms in total. The van der Waals surface area contributed by atoms with Crippen molar-refractivity contribution in [1.29, 1.82) is 0 Å². The van der Waals surface area contributed by atoms with Crippen LogP contribution in [0, 0.1) is 0 Å². The predicted molar refractivity (Wildman–Crippen MR) is 235 cm³/mol. The van der Waals surface area contributed by atoms with Crippen LogP contribution in [-0.4, -0.2) is 322 Å². The van der Waals surface area contributed by atoms with Gasteiger partial charge in [0.25, 0.3) is 0 Å². The highest BCUT2D eigenvalue weighted by molar-refractivity contribution is 5.74. The molecule has 0 aliphatic carbocycles. The highest BCUT2D eigenvalue weighted by atomic mass is 16.8. The van der Waals surface area contributed by atoms with Crippen LogP contribution in [0.15, 0.2) is 0 Å². The van der Waals surface area contributed by atoms with Crippen LogP contribution >= 0.6 is 0 Å². The second-order valence-electron chi connectivity index (χ2n) is 18.8. The van der Waals surface area contributed by atoms with Crippen LogP contribution in [0.5, 0.6) is 0 Å². The van der Waals surface area contributed by atoms with E-state index in [0.717, 1.165) is 20.8 Å². The number of aliphatic hydroxyl groups is 17. The van der Waals surface area contributed by atoms with Gasteiger partial charge in [-0.3, -0.25) is 14.4 Å². The van der Waals surface area contributed by atoms with Gasteiger partial charge in [0.1, 0.15) is 134 Å². The Hall–Kier alpha value is -2.67. The number of carbonyl (C=O) groups is 3. The van der Waals surface area contributed by atoms with Crippen molar-refractivity contribution in [2.24, 2.45) is 0 Å². The van der Waals surface area contributed by atoms with Gasteiger partial charge in [-0.25, -0.2) is 0 Å². The van der Waals surface area contributed by atoms with Crippen molar-refractivity contribution >= 4 is 17.7 Å². The van der Waals surface area contributed by atoms with Crippen LogP contribution in [-0.2, 0) is 61.8 Å². The summed E-state index contributed by atoms with van der Waals surface area (Å²) in [5.74, 6) is -2.40. The third-order valence-electron chi connectivity index (χ3n) is 13.2. The first-order valence-corrected chi connectivity index (χ1v) is 23.9. The standard InChI is InChI=1S/C42H73N3O30/c1-11-23(55)30(62)31(63)40(67-11)73-35-22(45-14(4)53)38(68-18(8-49)26(35)58)66-10-20-28(60)37(33(65)42(71-20)72-34(24(56)16(54)6-47)15(5-46)43-12(2)51)75-41-32(64)36(27(59)19(9-50)70-41)74-39-21(44-13(3)52)29(61)25(57)17(7-48)69-39/h11,15-42,46-50,54-65H,5-10H2,1-4H3,(H,43,51)(H,44,52)(H,45,53)/t11-,15-,16+,17+,18+,19+,20+,21+,22+,23+,24-,25+,26+,27-,28-,29+,30+,31-,32+,33+,34+,35+,36-,37-,38+,39-,40-,41-,42-/m0/s1. The first kappa shape index (κ1) is 63.2. The molecule has 0 saturated carbocycles. The van der Waals surface area contributed by atoms with Gasteiger partial charge in [0.05, 0.1) is 51.8 Å². The van der Waals surface area contributed by atoms with Crippen LogP contribution in [0.3, 0.4) is 0 Å². The zero-order valence-corrected chi connectivity index (χ0v) is 40.9. The molecule has 5 aliphatic rings. The van der Waals surface area contributed by atoms with Crippen molar-refractivity contribution < 1.29 is 149 Å². The Morgan fingerprint density at radius 2 is 0.947 bits per heavy atom. The van der Waals surface area contributed by atoms with E-state index in [9.17, 15) is 101 Å². The van der Waals surface area contributed by atoms with Gasteiger partial charge in [0, 0.05) is 20.8 Å². The lowest BCUT2D eigenvalue weighted by atomic mass is 9.94. The maximum Gasteiger partial charge on any atom is 0.217 e. The summed E-state index contributed by atoms with van der Waals surface area (Å²) in [5.41, 5.74) is 0. The van der Waals surface area contributed by atoms with Gasteiger partial charge >= 0.3 is 0 Å². The molecule has 0 aromatic carbocycles. The number of hydrogen-bond acceptors (Lipinski definition) is 30. The quantitative estimate of drug-likeness (QED) is 0.0479. The van der Waals surface area contributed by atoms with Gasteiger partial charge in [-0.15, -0.1) is 0 Å². The zero-order valence-electron chi connectivity index (χ0n) is 40.9. The number of aliphatic hydroxyl groups excluding tert-OH is 17. The lowest BCUT2D eigenvalue weighted by molar-refractivity contribution is -0.382. The predicted octanol–water partition coefficient (Wildman–Crippen LogP) is -13.0. The van der Waals surface area contributed by atoms with E-state index in [1.54, 1.807) is 0 Å². The fourth-order valence-corrected chi connectivity index (χ4v) is 9.15. The summed E-state index contributed by atoms with van der Waals surface area (Å²) in [6.07, 6.45) is -49.9. The second kappa shape index (κ2) is 28.0. The van der Waals surface area contributed by atoms with Crippen LogP contribution in [0.2, 0.25) is 0 Å². The largest absolute Gasteiger partial charge is 0.394 e. The molecule has 3 amide bonds. The number of hydrogen-bond donors (Lipinski definition) is 20. The molecular weight excluding hydrogens is 1030 g/mol. The Bertz CT molecular complexity index is 1800. The fraction of sp³-hybridized carbons (Fsp3) is 0.929. The first-order chi connectivity index (χ1) is 35.3. The highest BCUT2D eigenvalue weighted by Gasteiger charge is 2.57. The molecule has 0 spiro atoms.